The van der Waals surface area contributed by atoms with Crippen molar-refractivity contribution in [3.8, 4) is 0 Å². The molecule has 0 saturated heterocycles. The van der Waals surface area contributed by atoms with Gasteiger partial charge >= 0.3 is 0 Å². The number of aryl methyl sites for hydroxylation is 1. The first-order valence-corrected chi connectivity index (χ1v) is 6.26. The predicted molar refractivity (Wildman–Crippen MR) is 69.5 cm³/mol. The average molecular weight is 217 g/mol. The topological polar surface area (TPSA) is 26.0 Å². The molecular formula is C15H23N. The molecule has 1 aromatic rings. The van der Waals surface area contributed by atoms with E-state index >= 15 is 0 Å². The van der Waals surface area contributed by atoms with Gasteiger partial charge in [-0.1, -0.05) is 39.0 Å². The van der Waals surface area contributed by atoms with Crippen LogP contribution in [0.1, 0.15) is 56.3 Å². The lowest BCUT2D eigenvalue weighted by atomic mass is 9.84. The van der Waals surface area contributed by atoms with Crippen LogP contribution in [0.15, 0.2) is 18.2 Å². The molecule has 0 bridgehead atoms. The molecule has 0 aliphatic heterocycles. The van der Waals surface area contributed by atoms with Crippen LogP contribution in [0.4, 0.5) is 0 Å². The largest absolute Gasteiger partial charge is 0.324 e. The summed E-state index contributed by atoms with van der Waals surface area (Å²) in [5.74, 6) is 0.730. The molecule has 2 rings (SSSR count). The first-order valence-electron chi connectivity index (χ1n) is 6.26. The molecule has 1 aliphatic rings. The summed E-state index contributed by atoms with van der Waals surface area (Å²) in [6.45, 7) is 8.93. The van der Waals surface area contributed by atoms with Crippen molar-refractivity contribution in [3.05, 3.63) is 34.9 Å². The molecule has 2 N–H and O–H groups in total. The number of benzene rings is 1. The van der Waals surface area contributed by atoms with Crippen LogP contribution in [0.2, 0.25) is 0 Å². The van der Waals surface area contributed by atoms with E-state index in [1.165, 1.54) is 29.5 Å². The summed E-state index contributed by atoms with van der Waals surface area (Å²) in [6.07, 6.45) is 2.61. The Kier molecular flexibility index (Phi) is 2.83. The van der Waals surface area contributed by atoms with Crippen LogP contribution < -0.4 is 5.73 Å². The normalized spacial score (nSPS) is 18.6. The monoisotopic (exact) mass is 217 g/mol. The fourth-order valence-electron chi connectivity index (χ4n) is 2.18. The summed E-state index contributed by atoms with van der Waals surface area (Å²) in [5, 5.41) is 0. The molecule has 0 aromatic heterocycles. The molecule has 1 aliphatic carbocycles. The highest BCUT2D eigenvalue weighted by Crippen LogP contribution is 2.41. The Morgan fingerprint density at radius 2 is 1.88 bits per heavy atom. The molecule has 88 valence electrons. The molecule has 1 saturated carbocycles. The maximum Gasteiger partial charge on any atom is 0.0326 e. The highest BCUT2D eigenvalue weighted by molar-refractivity contribution is 5.37. The molecule has 0 heterocycles. The van der Waals surface area contributed by atoms with Crippen molar-refractivity contribution in [2.45, 2.75) is 52.0 Å². The summed E-state index contributed by atoms with van der Waals surface area (Å²) in [5.41, 5.74) is 10.6. The SMILES string of the molecule is Cc1ccc(C(C)(C)C)cc1C(N)C1CC1. The maximum absolute atomic E-state index is 6.31. The van der Waals surface area contributed by atoms with E-state index < -0.39 is 0 Å². The van der Waals surface area contributed by atoms with Crippen LogP contribution in [0.3, 0.4) is 0 Å². The van der Waals surface area contributed by atoms with E-state index in [-0.39, 0.29) is 11.5 Å². The van der Waals surface area contributed by atoms with Gasteiger partial charge in [-0.3, -0.25) is 0 Å². The quantitative estimate of drug-likeness (QED) is 0.803. The van der Waals surface area contributed by atoms with Gasteiger partial charge < -0.3 is 5.73 Å². The van der Waals surface area contributed by atoms with Crippen molar-refractivity contribution in [1.29, 1.82) is 0 Å². The Morgan fingerprint density at radius 3 is 2.38 bits per heavy atom. The smallest absolute Gasteiger partial charge is 0.0326 e. The third kappa shape index (κ3) is 2.30. The first kappa shape index (κ1) is 11.7. The zero-order valence-corrected chi connectivity index (χ0v) is 10.9. The summed E-state index contributed by atoms with van der Waals surface area (Å²) in [4.78, 5) is 0. The van der Waals surface area contributed by atoms with Crippen LogP contribution in [-0.4, -0.2) is 0 Å². The Balaban J connectivity index is 2.36. The third-order valence-electron chi connectivity index (χ3n) is 3.63. The third-order valence-corrected chi connectivity index (χ3v) is 3.63. The molecule has 16 heavy (non-hydrogen) atoms. The van der Waals surface area contributed by atoms with Gasteiger partial charge in [0.2, 0.25) is 0 Å². The molecule has 1 heteroatoms. The summed E-state index contributed by atoms with van der Waals surface area (Å²) < 4.78 is 0. The molecule has 1 nitrogen and oxygen atoms in total. The van der Waals surface area contributed by atoms with E-state index in [1.807, 2.05) is 0 Å². The number of nitrogens with two attached hydrogens (primary N) is 1. The minimum absolute atomic E-state index is 0.214. The van der Waals surface area contributed by atoms with Crippen molar-refractivity contribution in [2.24, 2.45) is 11.7 Å². The van der Waals surface area contributed by atoms with Crippen LogP contribution >= 0.6 is 0 Å². The zero-order chi connectivity index (χ0) is 11.9. The number of hydrogen-bond acceptors (Lipinski definition) is 1. The molecule has 0 radical (unpaired) electrons. The second-order valence-corrected chi connectivity index (χ2v) is 6.18. The van der Waals surface area contributed by atoms with Crippen molar-refractivity contribution < 1.29 is 0 Å². The lowest BCUT2D eigenvalue weighted by Gasteiger charge is -2.23. The fourth-order valence-corrected chi connectivity index (χ4v) is 2.18. The van der Waals surface area contributed by atoms with Crippen molar-refractivity contribution in [3.63, 3.8) is 0 Å². The van der Waals surface area contributed by atoms with Gasteiger partial charge in [-0.25, -0.2) is 0 Å². The first-order chi connectivity index (χ1) is 7.39. The standard InChI is InChI=1S/C15H23N/c1-10-5-8-12(15(2,3)4)9-13(10)14(16)11-6-7-11/h5,8-9,11,14H,6-7,16H2,1-4H3. The van der Waals surface area contributed by atoms with E-state index in [1.54, 1.807) is 0 Å². The Bertz CT molecular complexity index is 383. The average Bonchev–Trinajstić information content (AvgIpc) is 2.98. The minimum atomic E-state index is 0.214. The number of rotatable bonds is 2. The van der Waals surface area contributed by atoms with Crippen molar-refractivity contribution in [1.82, 2.24) is 0 Å². The molecule has 0 amide bonds. The van der Waals surface area contributed by atoms with Gasteiger partial charge in [0.1, 0.15) is 0 Å². The maximum atomic E-state index is 6.31. The Hall–Kier alpha value is -0.820. The zero-order valence-electron chi connectivity index (χ0n) is 10.9. The van der Waals surface area contributed by atoms with Gasteiger partial charge in [-0.15, -0.1) is 0 Å². The van der Waals surface area contributed by atoms with Crippen molar-refractivity contribution >= 4 is 0 Å². The van der Waals surface area contributed by atoms with E-state index in [9.17, 15) is 0 Å². The van der Waals surface area contributed by atoms with Gasteiger partial charge in [0.15, 0.2) is 0 Å². The van der Waals surface area contributed by atoms with Gasteiger partial charge in [0.05, 0.1) is 0 Å². The van der Waals surface area contributed by atoms with Crippen molar-refractivity contribution in [2.75, 3.05) is 0 Å². The minimum Gasteiger partial charge on any atom is -0.324 e. The lowest BCUT2D eigenvalue weighted by Crippen LogP contribution is -2.17. The lowest BCUT2D eigenvalue weighted by molar-refractivity contribution is 0.581. The molecule has 0 spiro atoms. The van der Waals surface area contributed by atoms with E-state index in [0.717, 1.165) is 5.92 Å². The van der Waals surface area contributed by atoms with Crippen LogP contribution in [0.5, 0.6) is 0 Å². The molecular weight excluding hydrogens is 194 g/mol. The predicted octanol–water partition coefficient (Wildman–Crippen LogP) is 3.70. The molecule has 1 aromatic carbocycles. The highest BCUT2D eigenvalue weighted by Gasteiger charge is 2.30. The molecule has 1 fully saturated rings. The van der Waals surface area contributed by atoms with Gasteiger partial charge in [0, 0.05) is 6.04 Å². The fraction of sp³-hybridized carbons (Fsp3) is 0.600. The van der Waals surface area contributed by atoms with E-state index in [2.05, 4.69) is 45.9 Å². The van der Waals surface area contributed by atoms with E-state index in [4.69, 9.17) is 5.73 Å². The van der Waals surface area contributed by atoms with Gasteiger partial charge in [-0.2, -0.15) is 0 Å². The van der Waals surface area contributed by atoms with Crippen LogP contribution in [-0.2, 0) is 5.41 Å². The summed E-state index contributed by atoms with van der Waals surface area (Å²) in [6, 6.07) is 7.02. The van der Waals surface area contributed by atoms with Crippen LogP contribution in [0, 0.1) is 12.8 Å². The summed E-state index contributed by atoms with van der Waals surface area (Å²) >= 11 is 0. The van der Waals surface area contributed by atoms with Gasteiger partial charge in [-0.05, 0) is 47.8 Å². The van der Waals surface area contributed by atoms with Gasteiger partial charge in [0.25, 0.3) is 0 Å². The molecule has 1 unspecified atom stereocenters. The Morgan fingerprint density at radius 1 is 1.25 bits per heavy atom. The number of hydrogen-bond donors (Lipinski definition) is 1. The second kappa shape index (κ2) is 3.89. The van der Waals surface area contributed by atoms with Crippen LogP contribution in [0.25, 0.3) is 0 Å². The Labute approximate surface area is 99.0 Å². The second-order valence-electron chi connectivity index (χ2n) is 6.18. The van der Waals surface area contributed by atoms with E-state index in [0.29, 0.717) is 0 Å². The molecule has 1 atom stereocenters. The summed E-state index contributed by atoms with van der Waals surface area (Å²) in [7, 11) is 0. The highest BCUT2D eigenvalue weighted by atomic mass is 14.7.